The number of ether oxygens (including phenoxy) is 1. The quantitative estimate of drug-likeness (QED) is 0.608. The Labute approximate surface area is 175 Å². The molecule has 1 fully saturated rings. The van der Waals surface area contributed by atoms with Crippen molar-refractivity contribution in [2.24, 2.45) is 0 Å². The Morgan fingerprint density at radius 1 is 1.20 bits per heavy atom. The number of fused-ring (bicyclic) bond motifs is 1. The second-order valence-electron chi connectivity index (χ2n) is 7.81. The minimum atomic E-state index is -0.913. The maximum absolute atomic E-state index is 12.3. The number of benzene rings is 1. The predicted molar refractivity (Wildman–Crippen MR) is 114 cm³/mol. The molecular formula is C22H29N3O5. The Morgan fingerprint density at radius 2 is 1.90 bits per heavy atom. The minimum Gasteiger partial charge on any atom is -0.497 e. The van der Waals surface area contributed by atoms with Crippen LogP contribution in [0.4, 0.5) is 0 Å². The highest BCUT2D eigenvalue weighted by atomic mass is 16.5. The van der Waals surface area contributed by atoms with E-state index in [0.29, 0.717) is 24.4 Å². The van der Waals surface area contributed by atoms with E-state index in [1.807, 2.05) is 28.5 Å². The van der Waals surface area contributed by atoms with Crippen molar-refractivity contribution in [2.45, 2.75) is 25.9 Å². The average molecular weight is 415 g/mol. The number of hydrogen-bond acceptors (Lipinski definition) is 5. The number of carbonyl (C=O) groups is 2. The topological polar surface area (TPSA) is 95.2 Å². The van der Waals surface area contributed by atoms with E-state index in [1.165, 1.54) is 0 Å². The lowest BCUT2D eigenvalue weighted by molar-refractivity contribution is -0.144. The van der Waals surface area contributed by atoms with E-state index in [0.717, 1.165) is 36.1 Å². The Balaban J connectivity index is 1.95. The van der Waals surface area contributed by atoms with Crippen molar-refractivity contribution in [3.8, 4) is 5.75 Å². The van der Waals surface area contributed by atoms with Gasteiger partial charge in [0.25, 0.3) is 0 Å². The summed E-state index contributed by atoms with van der Waals surface area (Å²) >= 11 is 0. The summed E-state index contributed by atoms with van der Waals surface area (Å²) < 4.78 is 7.17. The molecular weight excluding hydrogens is 386 g/mol. The summed E-state index contributed by atoms with van der Waals surface area (Å²) in [6.45, 7) is 9.86. The zero-order chi connectivity index (χ0) is 21.8. The Hall–Kier alpha value is -2.84. The van der Waals surface area contributed by atoms with Crippen LogP contribution in [0, 0.1) is 0 Å². The number of piperazine rings is 1. The van der Waals surface area contributed by atoms with Crippen LogP contribution in [-0.2, 0) is 16.1 Å². The van der Waals surface area contributed by atoms with Gasteiger partial charge in [-0.05, 0) is 25.1 Å². The van der Waals surface area contributed by atoms with E-state index in [9.17, 15) is 14.7 Å². The number of carboxylic acid groups (broad SMARTS) is 2. The normalized spacial score (nSPS) is 16.5. The lowest BCUT2D eigenvalue weighted by Gasteiger charge is -2.37. The smallest absolute Gasteiger partial charge is 0.325 e. The molecule has 1 atom stereocenters. The molecule has 0 unspecified atom stereocenters. The van der Waals surface area contributed by atoms with Gasteiger partial charge in [-0.2, -0.15) is 0 Å². The molecule has 0 amide bonds. The standard InChI is InChI=1S/C22H29N3O5/c1-15(2)13-23-8-10-24(11-9-23)21(22(28)29)18-14-25(7-6-20(26)27)19-5-4-16(30-3)12-17(18)19/h4-5,12,14,21H,1,6-11,13H2,2-3H3,(H,26,27)(H,28,29)/t21-/m0/s1. The fraction of sp³-hybridized carbons (Fsp3) is 0.455. The number of aryl methyl sites for hydroxylation is 1. The number of carboxylic acids is 2. The van der Waals surface area contributed by atoms with Gasteiger partial charge in [-0.3, -0.25) is 19.4 Å². The van der Waals surface area contributed by atoms with E-state index in [-0.39, 0.29) is 13.0 Å². The molecule has 1 saturated heterocycles. The minimum absolute atomic E-state index is 0.0352. The molecule has 1 aliphatic rings. The van der Waals surface area contributed by atoms with Crippen LogP contribution >= 0.6 is 0 Å². The fourth-order valence-electron chi connectivity index (χ4n) is 4.10. The van der Waals surface area contributed by atoms with E-state index in [2.05, 4.69) is 11.5 Å². The average Bonchev–Trinajstić information content (AvgIpc) is 3.04. The van der Waals surface area contributed by atoms with Gasteiger partial charge in [0.2, 0.25) is 0 Å². The summed E-state index contributed by atoms with van der Waals surface area (Å²) in [4.78, 5) is 27.6. The van der Waals surface area contributed by atoms with Crippen molar-refractivity contribution >= 4 is 22.8 Å². The largest absolute Gasteiger partial charge is 0.497 e. The van der Waals surface area contributed by atoms with Crippen LogP contribution in [0.3, 0.4) is 0 Å². The maximum Gasteiger partial charge on any atom is 0.325 e. The Kier molecular flexibility index (Phi) is 6.79. The molecule has 0 aliphatic carbocycles. The van der Waals surface area contributed by atoms with Crippen LogP contribution in [-0.4, -0.2) is 76.4 Å². The van der Waals surface area contributed by atoms with Crippen LogP contribution in [0.5, 0.6) is 5.75 Å². The van der Waals surface area contributed by atoms with Gasteiger partial charge in [-0.15, -0.1) is 0 Å². The number of rotatable bonds is 9. The molecule has 0 radical (unpaired) electrons. The molecule has 2 N–H and O–H groups in total. The van der Waals surface area contributed by atoms with Crippen molar-refractivity contribution < 1.29 is 24.5 Å². The van der Waals surface area contributed by atoms with Crippen molar-refractivity contribution in [1.29, 1.82) is 0 Å². The third-order valence-electron chi connectivity index (χ3n) is 5.48. The third-order valence-corrected chi connectivity index (χ3v) is 5.48. The highest BCUT2D eigenvalue weighted by Gasteiger charge is 2.32. The molecule has 0 spiro atoms. The molecule has 8 heteroatoms. The van der Waals surface area contributed by atoms with E-state index >= 15 is 0 Å². The highest BCUT2D eigenvalue weighted by molar-refractivity contribution is 5.90. The van der Waals surface area contributed by atoms with Crippen LogP contribution in [0.2, 0.25) is 0 Å². The maximum atomic E-state index is 12.3. The lowest BCUT2D eigenvalue weighted by atomic mass is 10.0. The molecule has 0 bridgehead atoms. The van der Waals surface area contributed by atoms with Gasteiger partial charge >= 0.3 is 11.9 Å². The second-order valence-corrected chi connectivity index (χ2v) is 7.81. The number of methoxy groups -OCH3 is 1. The molecule has 162 valence electrons. The van der Waals surface area contributed by atoms with Crippen molar-refractivity contribution in [2.75, 3.05) is 39.8 Å². The predicted octanol–water partition coefficient (Wildman–Crippen LogP) is 2.44. The van der Waals surface area contributed by atoms with Crippen molar-refractivity contribution in [3.63, 3.8) is 0 Å². The van der Waals surface area contributed by atoms with Gasteiger partial charge in [0.15, 0.2) is 0 Å². The summed E-state index contributed by atoms with van der Waals surface area (Å²) in [6.07, 6.45) is 1.75. The molecule has 1 aromatic heterocycles. The monoisotopic (exact) mass is 415 g/mol. The molecule has 0 saturated carbocycles. The van der Waals surface area contributed by atoms with E-state index in [4.69, 9.17) is 9.84 Å². The first kappa shape index (κ1) is 21.9. The summed E-state index contributed by atoms with van der Waals surface area (Å²) in [5.41, 5.74) is 2.56. The summed E-state index contributed by atoms with van der Waals surface area (Å²) in [7, 11) is 1.57. The molecule has 1 aromatic carbocycles. The van der Waals surface area contributed by atoms with Crippen LogP contribution in [0.1, 0.15) is 24.9 Å². The first-order valence-electron chi connectivity index (χ1n) is 10.0. The summed E-state index contributed by atoms with van der Waals surface area (Å²) in [5, 5.41) is 20.0. The van der Waals surface area contributed by atoms with Gasteiger partial charge in [0, 0.05) is 61.9 Å². The summed E-state index contributed by atoms with van der Waals surface area (Å²) in [5.74, 6) is -1.17. The zero-order valence-electron chi connectivity index (χ0n) is 17.5. The molecule has 3 rings (SSSR count). The number of hydrogen-bond donors (Lipinski definition) is 2. The molecule has 2 aromatic rings. The molecule has 8 nitrogen and oxygen atoms in total. The van der Waals surface area contributed by atoms with Crippen molar-refractivity contribution in [3.05, 3.63) is 42.1 Å². The zero-order valence-corrected chi connectivity index (χ0v) is 17.5. The van der Waals surface area contributed by atoms with Gasteiger partial charge < -0.3 is 19.5 Å². The van der Waals surface area contributed by atoms with Crippen molar-refractivity contribution in [1.82, 2.24) is 14.4 Å². The van der Waals surface area contributed by atoms with Gasteiger partial charge in [0.05, 0.1) is 13.5 Å². The lowest BCUT2D eigenvalue weighted by Crippen LogP contribution is -2.49. The molecule has 2 heterocycles. The highest BCUT2D eigenvalue weighted by Crippen LogP contribution is 2.33. The van der Waals surface area contributed by atoms with Crippen LogP contribution in [0.25, 0.3) is 10.9 Å². The van der Waals surface area contributed by atoms with E-state index < -0.39 is 18.0 Å². The third kappa shape index (κ3) is 4.83. The second kappa shape index (κ2) is 9.32. The Bertz CT molecular complexity index is 944. The first-order chi connectivity index (χ1) is 14.3. The fourth-order valence-corrected chi connectivity index (χ4v) is 4.10. The number of aliphatic carboxylic acids is 2. The first-order valence-corrected chi connectivity index (χ1v) is 10.0. The van der Waals surface area contributed by atoms with Gasteiger partial charge in [-0.1, -0.05) is 12.2 Å². The number of nitrogens with zero attached hydrogens (tertiary/aromatic N) is 3. The van der Waals surface area contributed by atoms with Crippen LogP contribution < -0.4 is 4.74 Å². The van der Waals surface area contributed by atoms with Gasteiger partial charge in [-0.25, -0.2) is 0 Å². The van der Waals surface area contributed by atoms with E-state index in [1.54, 1.807) is 19.4 Å². The molecule has 1 aliphatic heterocycles. The molecule has 30 heavy (non-hydrogen) atoms. The van der Waals surface area contributed by atoms with Crippen LogP contribution in [0.15, 0.2) is 36.5 Å². The number of aromatic nitrogens is 1. The summed E-state index contributed by atoms with van der Waals surface area (Å²) in [6, 6.07) is 4.67. The van der Waals surface area contributed by atoms with Gasteiger partial charge in [0.1, 0.15) is 11.8 Å². The SMILES string of the molecule is C=C(C)CN1CCN([C@H](C(=O)O)c2cn(CCC(=O)O)c3ccc(OC)cc23)CC1. The Morgan fingerprint density at radius 3 is 2.47 bits per heavy atom.